The molecule has 7 heavy (non-hydrogen) atoms. The van der Waals surface area contributed by atoms with Gasteiger partial charge in [-0.05, 0) is 0 Å². The molecule has 0 atom stereocenters. The van der Waals surface area contributed by atoms with E-state index >= 15 is 0 Å². The second kappa shape index (κ2) is 2.07. The first-order valence-corrected chi connectivity index (χ1v) is 3.25. The lowest BCUT2D eigenvalue weighted by Gasteiger charge is -1.69. The van der Waals surface area contributed by atoms with Crippen molar-refractivity contribution in [2.24, 2.45) is 0 Å². The SMILES string of the molecule is CCc1[nH+]ccs1. The molecule has 1 heterocycles. The van der Waals surface area contributed by atoms with E-state index in [2.05, 4.69) is 17.3 Å². The van der Waals surface area contributed by atoms with Crippen molar-refractivity contribution >= 4 is 11.3 Å². The van der Waals surface area contributed by atoms with Crippen LogP contribution in [-0.4, -0.2) is 0 Å². The molecule has 38 valence electrons. The summed E-state index contributed by atoms with van der Waals surface area (Å²) in [7, 11) is 0. The molecule has 0 aliphatic heterocycles. The van der Waals surface area contributed by atoms with Crippen LogP contribution in [-0.2, 0) is 6.42 Å². The molecule has 2 heteroatoms. The van der Waals surface area contributed by atoms with Crippen molar-refractivity contribution in [2.45, 2.75) is 13.3 Å². The van der Waals surface area contributed by atoms with Crippen molar-refractivity contribution in [3.63, 3.8) is 0 Å². The first-order chi connectivity index (χ1) is 3.43. The Morgan fingerprint density at radius 3 is 3.00 bits per heavy atom. The summed E-state index contributed by atoms with van der Waals surface area (Å²) in [5.41, 5.74) is 0. The minimum atomic E-state index is 1.12. The number of aryl methyl sites for hydroxylation is 1. The van der Waals surface area contributed by atoms with Crippen molar-refractivity contribution in [3.05, 3.63) is 16.6 Å². The van der Waals surface area contributed by atoms with Crippen LogP contribution in [0.15, 0.2) is 11.6 Å². The number of nitrogens with one attached hydrogen (secondary N) is 1. The van der Waals surface area contributed by atoms with Crippen molar-refractivity contribution < 1.29 is 4.98 Å². The van der Waals surface area contributed by atoms with Gasteiger partial charge in [-0.25, -0.2) is 4.98 Å². The predicted octanol–water partition coefficient (Wildman–Crippen LogP) is 1.12. The number of H-pyrrole nitrogens is 1. The Morgan fingerprint density at radius 1 is 1.86 bits per heavy atom. The molecule has 0 spiro atoms. The topological polar surface area (TPSA) is 14.1 Å². The van der Waals surface area contributed by atoms with Gasteiger partial charge >= 0.3 is 0 Å². The van der Waals surface area contributed by atoms with Crippen LogP contribution in [0, 0.1) is 0 Å². The zero-order chi connectivity index (χ0) is 5.11. The van der Waals surface area contributed by atoms with E-state index < -0.39 is 0 Å². The molecule has 1 N–H and O–H groups in total. The van der Waals surface area contributed by atoms with Gasteiger partial charge in [-0.2, -0.15) is 0 Å². The molecule has 1 aromatic heterocycles. The third kappa shape index (κ3) is 0.996. The third-order valence-corrected chi connectivity index (χ3v) is 1.81. The highest BCUT2D eigenvalue weighted by Gasteiger charge is 1.93. The summed E-state index contributed by atoms with van der Waals surface area (Å²) in [6, 6.07) is 0. The van der Waals surface area contributed by atoms with Crippen molar-refractivity contribution in [3.8, 4) is 0 Å². The molecular formula is C5H8NS+. The first-order valence-electron chi connectivity index (χ1n) is 2.37. The van der Waals surface area contributed by atoms with E-state index in [1.807, 2.05) is 6.20 Å². The zero-order valence-electron chi connectivity index (χ0n) is 4.27. The summed E-state index contributed by atoms with van der Waals surface area (Å²) < 4.78 is 0. The van der Waals surface area contributed by atoms with Crippen molar-refractivity contribution in [1.82, 2.24) is 0 Å². The molecule has 0 bridgehead atoms. The van der Waals surface area contributed by atoms with Gasteiger partial charge in [0, 0.05) is 6.42 Å². The van der Waals surface area contributed by atoms with Crippen LogP contribution >= 0.6 is 11.3 Å². The molecule has 0 aliphatic carbocycles. The van der Waals surface area contributed by atoms with Crippen LogP contribution < -0.4 is 4.98 Å². The van der Waals surface area contributed by atoms with Crippen LogP contribution in [0.3, 0.4) is 0 Å². The second-order valence-electron chi connectivity index (χ2n) is 1.34. The van der Waals surface area contributed by atoms with Gasteiger partial charge in [-0.1, -0.05) is 18.3 Å². The number of aromatic amines is 1. The molecule has 0 saturated heterocycles. The van der Waals surface area contributed by atoms with Gasteiger partial charge < -0.3 is 0 Å². The van der Waals surface area contributed by atoms with Crippen molar-refractivity contribution in [2.75, 3.05) is 0 Å². The summed E-state index contributed by atoms with van der Waals surface area (Å²) in [5.74, 6) is 0. The van der Waals surface area contributed by atoms with Crippen LogP contribution in [0.5, 0.6) is 0 Å². The van der Waals surface area contributed by atoms with Crippen LogP contribution in [0.4, 0.5) is 0 Å². The van der Waals surface area contributed by atoms with Crippen LogP contribution in [0.25, 0.3) is 0 Å². The van der Waals surface area contributed by atoms with Crippen molar-refractivity contribution in [1.29, 1.82) is 0 Å². The summed E-state index contributed by atoms with van der Waals surface area (Å²) >= 11 is 1.77. The minimum Gasteiger partial charge on any atom is -0.206 e. The largest absolute Gasteiger partial charge is 0.235 e. The molecule has 1 aromatic rings. The maximum atomic E-state index is 3.11. The van der Waals surface area contributed by atoms with E-state index in [9.17, 15) is 0 Å². The monoisotopic (exact) mass is 114 g/mol. The molecule has 0 saturated carbocycles. The Bertz CT molecular complexity index is 123. The maximum absolute atomic E-state index is 3.11. The molecule has 0 aromatic carbocycles. The van der Waals surface area contributed by atoms with Gasteiger partial charge in [0.2, 0.25) is 5.01 Å². The fraction of sp³-hybridized carbons (Fsp3) is 0.400. The van der Waals surface area contributed by atoms with Gasteiger partial charge in [0.15, 0.2) is 6.20 Å². The van der Waals surface area contributed by atoms with E-state index in [4.69, 9.17) is 0 Å². The smallest absolute Gasteiger partial charge is 0.206 e. The Kier molecular flexibility index (Phi) is 1.42. The summed E-state index contributed by atoms with van der Waals surface area (Å²) in [6.45, 7) is 2.14. The van der Waals surface area contributed by atoms with E-state index in [-0.39, 0.29) is 0 Å². The Morgan fingerprint density at radius 2 is 2.71 bits per heavy atom. The summed E-state index contributed by atoms with van der Waals surface area (Å²) in [5, 5.41) is 3.40. The maximum Gasteiger partial charge on any atom is 0.235 e. The van der Waals surface area contributed by atoms with E-state index in [1.54, 1.807) is 11.3 Å². The average molecular weight is 114 g/mol. The quantitative estimate of drug-likeness (QED) is 0.519. The van der Waals surface area contributed by atoms with E-state index in [0.29, 0.717) is 0 Å². The summed E-state index contributed by atoms with van der Waals surface area (Å²) in [6.07, 6.45) is 3.08. The molecule has 0 aliphatic rings. The lowest BCUT2D eigenvalue weighted by molar-refractivity contribution is -0.381. The van der Waals surface area contributed by atoms with Gasteiger partial charge in [0.25, 0.3) is 0 Å². The fourth-order valence-electron chi connectivity index (χ4n) is 0.463. The number of rotatable bonds is 1. The summed E-state index contributed by atoms with van der Waals surface area (Å²) in [4.78, 5) is 3.11. The molecule has 1 rings (SSSR count). The zero-order valence-corrected chi connectivity index (χ0v) is 5.09. The fourth-order valence-corrected chi connectivity index (χ4v) is 1.07. The Balaban J connectivity index is 2.76. The average Bonchev–Trinajstić information content (AvgIpc) is 2.14. The molecule has 1 nitrogen and oxygen atoms in total. The lowest BCUT2D eigenvalue weighted by Crippen LogP contribution is -2.00. The predicted molar refractivity (Wildman–Crippen MR) is 30.3 cm³/mol. The molecule has 0 unspecified atom stereocenters. The lowest BCUT2D eigenvalue weighted by atomic mass is 10.5. The minimum absolute atomic E-state index is 1.12. The first kappa shape index (κ1) is 4.78. The van der Waals surface area contributed by atoms with E-state index in [1.165, 1.54) is 5.01 Å². The highest BCUT2D eigenvalue weighted by Crippen LogP contribution is 1.97. The standard InChI is InChI=1S/C5H7NS/c1-2-5-6-3-4-7-5/h3-4H,2H2,1H3/p+1. The molecule has 0 fully saturated rings. The second-order valence-corrected chi connectivity index (χ2v) is 2.34. The number of aromatic nitrogens is 1. The van der Waals surface area contributed by atoms with Gasteiger partial charge in [0.1, 0.15) is 0 Å². The number of hydrogen-bond donors (Lipinski definition) is 0. The number of hydrogen-bond acceptors (Lipinski definition) is 1. The molecule has 0 amide bonds. The highest BCUT2D eigenvalue weighted by atomic mass is 32.1. The van der Waals surface area contributed by atoms with Crippen LogP contribution in [0.2, 0.25) is 0 Å². The third-order valence-electron chi connectivity index (χ3n) is 0.844. The molecule has 0 radical (unpaired) electrons. The van der Waals surface area contributed by atoms with Gasteiger partial charge in [-0.15, -0.1) is 0 Å². The Labute approximate surface area is 47.0 Å². The normalized spacial score (nSPS) is 9.29. The van der Waals surface area contributed by atoms with Crippen LogP contribution in [0.1, 0.15) is 11.9 Å². The van der Waals surface area contributed by atoms with Gasteiger partial charge in [-0.3, -0.25) is 0 Å². The Hall–Kier alpha value is -0.370. The number of thiazole rings is 1. The van der Waals surface area contributed by atoms with Gasteiger partial charge in [0.05, 0.1) is 5.38 Å². The highest BCUT2D eigenvalue weighted by molar-refractivity contribution is 7.09. The van der Waals surface area contributed by atoms with E-state index in [0.717, 1.165) is 6.42 Å². The molecular weight excluding hydrogens is 106 g/mol.